The summed E-state index contributed by atoms with van der Waals surface area (Å²) in [5.74, 6) is -0.00196. The molecule has 122 valence electrons. The van der Waals surface area contributed by atoms with Crippen LogP contribution < -0.4 is 10.2 Å². The van der Waals surface area contributed by atoms with Crippen molar-refractivity contribution in [3.8, 4) is 0 Å². The SMILES string of the molecule is CS(=O)(=O)c1ccccc1NC1CCN(c2ncccc2F)C1. The highest BCUT2D eigenvalue weighted by Gasteiger charge is 2.26. The molecule has 2 heterocycles. The van der Waals surface area contributed by atoms with E-state index in [1.165, 1.54) is 12.3 Å². The van der Waals surface area contributed by atoms with Crippen molar-refractivity contribution in [3.63, 3.8) is 0 Å². The number of hydrogen-bond acceptors (Lipinski definition) is 5. The zero-order chi connectivity index (χ0) is 16.4. The summed E-state index contributed by atoms with van der Waals surface area (Å²) in [5, 5.41) is 3.26. The summed E-state index contributed by atoms with van der Waals surface area (Å²) in [6.45, 7) is 1.25. The Labute approximate surface area is 135 Å². The van der Waals surface area contributed by atoms with Gasteiger partial charge in [-0.3, -0.25) is 0 Å². The van der Waals surface area contributed by atoms with Crippen LogP contribution >= 0.6 is 0 Å². The third kappa shape index (κ3) is 3.44. The van der Waals surface area contributed by atoms with Crippen LogP contribution in [0.15, 0.2) is 47.5 Å². The highest BCUT2D eigenvalue weighted by Crippen LogP contribution is 2.26. The summed E-state index contributed by atoms with van der Waals surface area (Å²) in [5.41, 5.74) is 0.586. The van der Waals surface area contributed by atoms with E-state index in [4.69, 9.17) is 0 Å². The molecule has 1 fully saturated rings. The van der Waals surface area contributed by atoms with E-state index in [0.717, 1.165) is 6.42 Å². The molecule has 1 saturated heterocycles. The van der Waals surface area contributed by atoms with Gasteiger partial charge in [0.25, 0.3) is 0 Å². The average molecular weight is 335 g/mol. The molecule has 1 aromatic heterocycles. The number of para-hydroxylation sites is 1. The van der Waals surface area contributed by atoms with E-state index in [2.05, 4.69) is 10.3 Å². The largest absolute Gasteiger partial charge is 0.379 e. The van der Waals surface area contributed by atoms with Crippen LogP contribution in [0.3, 0.4) is 0 Å². The minimum absolute atomic E-state index is 0.0410. The third-order valence-electron chi connectivity index (χ3n) is 3.87. The van der Waals surface area contributed by atoms with Crippen LogP contribution in [0.4, 0.5) is 15.9 Å². The van der Waals surface area contributed by atoms with Crippen LogP contribution in [0.25, 0.3) is 0 Å². The Kier molecular flexibility index (Phi) is 4.21. The van der Waals surface area contributed by atoms with Crippen LogP contribution in [0.5, 0.6) is 0 Å². The molecule has 7 heteroatoms. The first-order chi connectivity index (χ1) is 10.9. The molecule has 0 amide bonds. The molecule has 0 bridgehead atoms. The molecule has 0 saturated carbocycles. The first-order valence-corrected chi connectivity index (χ1v) is 9.25. The van der Waals surface area contributed by atoms with Crippen LogP contribution in [0, 0.1) is 5.82 Å². The fourth-order valence-corrected chi connectivity index (χ4v) is 3.66. The fraction of sp³-hybridized carbons (Fsp3) is 0.312. The Morgan fingerprint density at radius 1 is 1.26 bits per heavy atom. The highest BCUT2D eigenvalue weighted by atomic mass is 32.2. The Balaban J connectivity index is 1.76. The quantitative estimate of drug-likeness (QED) is 0.929. The standard InChI is InChI=1S/C16H18FN3O2S/c1-23(21,22)15-7-3-2-6-14(15)19-12-8-10-20(11-12)16-13(17)5-4-9-18-16/h2-7,9,12,19H,8,10-11H2,1H3. The van der Waals surface area contributed by atoms with Crippen molar-refractivity contribution >= 4 is 21.3 Å². The molecule has 1 aliphatic rings. The number of nitrogens with zero attached hydrogens (tertiary/aromatic N) is 2. The van der Waals surface area contributed by atoms with Crippen molar-refractivity contribution in [2.75, 3.05) is 29.6 Å². The summed E-state index contributed by atoms with van der Waals surface area (Å²) >= 11 is 0. The normalized spacial score (nSPS) is 18.2. The molecule has 5 nitrogen and oxygen atoms in total. The monoisotopic (exact) mass is 335 g/mol. The van der Waals surface area contributed by atoms with Crippen molar-refractivity contribution in [3.05, 3.63) is 48.4 Å². The molecule has 2 aromatic rings. The van der Waals surface area contributed by atoms with Gasteiger partial charge in [0, 0.05) is 31.6 Å². The second-order valence-electron chi connectivity index (χ2n) is 5.65. The molecule has 0 spiro atoms. The van der Waals surface area contributed by atoms with Gasteiger partial charge in [-0.15, -0.1) is 0 Å². The second kappa shape index (κ2) is 6.16. The van der Waals surface area contributed by atoms with Crippen LogP contribution in [-0.2, 0) is 9.84 Å². The maximum Gasteiger partial charge on any atom is 0.177 e. The average Bonchev–Trinajstić information content (AvgIpc) is 2.95. The van der Waals surface area contributed by atoms with E-state index in [1.54, 1.807) is 36.5 Å². The minimum atomic E-state index is -3.30. The predicted octanol–water partition coefficient (Wildman–Crippen LogP) is 2.32. The number of pyridine rings is 1. The number of benzene rings is 1. The summed E-state index contributed by atoms with van der Waals surface area (Å²) in [6.07, 6.45) is 3.55. The van der Waals surface area contributed by atoms with E-state index in [0.29, 0.717) is 24.6 Å². The Morgan fingerprint density at radius 3 is 2.78 bits per heavy atom. The Bertz CT molecular complexity index is 810. The lowest BCUT2D eigenvalue weighted by molar-refractivity contribution is 0.602. The van der Waals surface area contributed by atoms with Gasteiger partial charge in [0.1, 0.15) is 0 Å². The number of halogens is 1. The lowest BCUT2D eigenvalue weighted by atomic mass is 10.2. The van der Waals surface area contributed by atoms with Gasteiger partial charge in [-0.2, -0.15) is 0 Å². The number of sulfone groups is 1. The molecular weight excluding hydrogens is 317 g/mol. The van der Waals surface area contributed by atoms with Gasteiger partial charge in [-0.1, -0.05) is 12.1 Å². The lowest BCUT2D eigenvalue weighted by Crippen LogP contribution is -2.27. The summed E-state index contributed by atoms with van der Waals surface area (Å²) in [4.78, 5) is 6.24. The Hall–Kier alpha value is -2.15. The molecule has 0 radical (unpaired) electrons. The van der Waals surface area contributed by atoms with Crippen molar-refractivity contribution < 1.29 is 12.8 Å². The maximum atomic E-state index is 13.8. The number of anilines is 2. The molecule has 23 heavy (non-hydrogen) atoms. The van der Waals surface area contributed by atoms with Crippen molar-refractivity contribution in [2.24, 2.45) is 0 Å². The molecule has 0 aliphatic carbocycles. The van der Waals surface area contributed by atoms with Gasteiger partial charge in [0.15, 0.2) is 21.5 Å². The fourth-order valence-electron chi connectivity index (χ4n) is 2.81. The summed E-state index contributed by atoms with van der Waals surface area (Å²) in [7, 11) is -3.30. The number of nitrogens with one attached hydrogen (secondary N) is 1. The molecule has 1 atom stereocenters. The zero-order valence-corrected chi connectivity index (χ0v) is 13.6. The topological polar surface area (TPSA) is 62.3 Å². The second-order valence-corrected chi connectivity index (χ2v) is 7.64. The van der Waals surface area contributed by atoms with Crippen molar-refractivity contribution in [1.82, 2.24) is 4.98 Å². The first kappa shape index (κ1) is 15.7. The van der Waals surface area contributed by atoms with E-state index in [-0.39, 0.29) is 16.8 Å². The van der Waals surface area contributed by atoms with Gasteiger partial charge in [-0.25, -0.2) is 17.8 Å². The zero-order valence-electron chi connectivity index (χ0n) is 12.7. The highest BCUT2D eigenvalue weighted by molar-refractivity contribution is 7.90. The molecular formula is C16H18FN3O2S. The molecule has 1 N–H and O–H groups in total. The number of rotatable bonds is 4. The van der Waals surface area contributed by atoms with Gasteiger partial charge in [0.05, 0.1) is 10.6 Å². The lowest BCUT2D eigenvalue weighted by Gasteiger charge is -2.19. The molecule has 1 unspecified atom stereocenters. The van der Waals surface area contributed by atoms with E-state index < -0.39 is 9.84 Å². The smallest absolute Gasteiger partial charge is 0.177 e. The predicted molar refractivity (Wildman–Crippen MR) is 88.0 cm³/mol. The van der Waals surface area contributed by atoms with Crippen molar-refractivity contribution in [1.29, 1.82) is 0 Å². The van der Waals surface area contributed by atoms with Crippen LogP contribution in [-0.4, -0.2) is 38.8 Å². The molecule has 1 aliphatic heterocycles. The number of aromatic nitrogens is 1. The summed E-state index contributed by atoms with van der Waals surface area (Å²) < 4.78 is 37.5. The van der Waals surface area contributed by atoms with Gasteiger partial charge in [0.2, 0.25) is 0 Å². The van der Waals surface area contributed by atoms with Crippen molar-refractivity contribution in [2.45, 2.75) is 17.4 Å². The number of hydrogen-bond donors (Lipinski definition) is 1. The van der Waals surface area contributed by atoms with E-state index >= 15 is 0 Å². The van der Waals surface area contributed by atoms with Gasteiger partial charge >= 0.3 is 0 Å². The first-order valence-electron chi connectivity index (χ1n) is 7.36. The van der Waals surface area contributed by atoms with E-state index in [9.17, 15) is 12.8 Å². The summed E-state index contributed by atoms with van der Waals surface area (Å²) in [6, 6.07) is 9.82. The molecule has 3 rings (SSSR count). The minimum Gasteiger partial charge on any atom is -0.379 e. The maximum absolute atomic E-state index is 13.8. The Morgan fingerprint density at radius 2 is 2.04 bits per heavy atom. The molecule has 1 aromatic carbocycles. The van der Waals surface area contributed by atoms with Gasteiger partial charge < -0.3 is 10.2 Å². The van der Waals surface area contributed by atoms with Gasteiger partial charge in [-0.05, 0) is 30.7 Å². The van der Waals surface area contributed by atoms with E-state index in [1.807, 2.05) is 4.90 Å². The van der Waals surface area contributed by atoms with Crippen LogP contribution in [0.1, 0.15) is 6.42 Å². The van der Waals surface area contributed by atoms with Crippen LogP contribution in [0.2, 0.25) is 0 Å². The third-order valence-corrected chi connectivity index (χ3v) is 5.03.